The Bertz CT molecular complexity index is 2000. The lowest BCUT2D eigenvalue weighted by Gasteiger charge is -2.43. The van der Waals surface area contributed by atoms with E-state index in [4.69, 9.17) is 26.1 Å². The number of rotatable bonds is 7. The van der Waals surface area contributed by atoms with E-state index in [1.54, 1.807) is 32.6 Å². The Morgan fingerprint density at radius 1 is 1.10 bits per heavy atom. The predicted octanol–water partition coefficient (Wildman–Crippen LogP) is 7.04. The quantitative estimate of drug-likeness (QED) is 0.254. The fourth-order valence-electron chi connectivity index (χ4n) is 6.47. The third kappa shape index (κ3) is 7.67. The Labute approximate surface area is 295 Å². The molecule has 0 atom stereocenters. The van der Waals surface area contributed by atoms with Crippen molar-refractivity contribution in [3.63, 3.8) is 0 Å². The van der Waals surface area contributed by atoms with Crippen molar-refractivity contribution in [2.75, 3.05) is 49.6 Å². The molecular weight excluding hydrogens is 725 g/mol. The molecule has 3 aromatic rings. The molecule has 2 saturated heterocycles. The van der Waals surface area contributed by atoms with Crippen molar-refractivity contribution in [2.45, 2.75) is 70.4 Å². The van der Waals surface area contributed by atoms with Crippen LogP contribution >= 0.6 is 21.8 Å². The van der Waals surface area contributed by atoms with Crippen molar-refractivity contribution in [3.8, 4) is 0 Å². The standard InChI is InChI=1S/C32H39ClF5N7O5S/c1-5-24-26(42-12-14-43(15-13-42)30(48)50-31(2,3)4)28(47)45-29(40-27(41-45)20-8-10-32(11-9-20)18-49-19-32)44(24)17-25(46)39-23-7-6-21(16-22(23)33)51(34,35,36,37)38/h6-8,16H,5,9-15,17-19H2,1-4H3,(H,39,46). The molecule has 1 aliphatic carbocycles. The van der Waals surface area contributed by atoms with Gasteiger partial charge in [-0.25, -0.2) is 4.79 Å². The van der Waals surface area contributed by atoms with Crippen LogP contribution in [0.15, 0.2) is 34.0 Å². The second-order valence-corrected chi connectivity index (χ2v) is 17.0. The summed E-state index contributed by atoms with van der Waals surface area (Å²) in [4.78, 5) is 46.3. The van der Waals surface area contributed by atoms with Gasteiger partial charge >= 0.3 is 16.3 Å². The Kier molecular flexibility index (Phi) is 8.74. The van der Waals surface area contributed by atoms with E-state index in [9.17, 15) is 33.8 Å². The van der Waals surface area contributed by atoms with Crippen molar-refractivity contribution in [2.24, 2.45) is 5.41 Å². The van der Waals surface area contributed by atoms with Crippen molar-refractivity contribution in [1.29, 1.82) is 0 Å². The van der Waals surface area contributed by atoms with Gasteiger partial charge in [-0.3, -0.25) is 9.59 Å². The fourth-order valence-corrected chi connectivity index (χ4v) is 7.43. The van der Waals surface area contributed by atoms with Crippen LogP contribution in [0.4, 0.5) is 35.6 Å². The minimum Gasteiger partial charge on any atom is -0.444 e. The third-order valence-corrected chi connectivity index (χ3v) is 10.6. The second kappa shape index (κ2) is 12.1. The van der Waals surface area contributed by atoms with Gasteiger partial charge in [0.1, 0.15) is 22.7 Å². The number of ether oxygens (including phenoxy) is 2. The summed E-state index contributed by atoms with van der Waals surface area (Å²) in [6, 6.07) is 0.899. The van der Waals surface area contributed by atoms with Crippen molar-refractivity contribution >= 4 is 56.6 Å². The first kappa shape index (κ1) is 36.9. The first-order valence-electron chi connectivity index (χ1n) is 16.4. The smallest absolute Gasteiger partial charge is 0.410 e. The van der Waals surface area contributed by atoms with Crippen molar-refractivity contribution in [3.05, 3.63) is 51.2 Å². The number of halogens is 6. The zero-order valence-electron chi connectivity index (χ0n) is 28.5. The van der Waals surface area contributed by atoms with Gasteiger partial charge in [-0.2, -0.15) is 9.50 Å². The number of nitrogens with one attached hydrogen (secondary N) is 1. The molecular formula is C32H39ClF5N7O5S. The number of carbonyl (C=O) groups is 2. The number of piperazine rings is 1. The lowest BCUT2D eigenvalue weighted by atomic mass is 9.73. The van der Waals surface area contributed by atoms with Crippen LogP contribution in [0.2, 0.25) is 5.02 Å². The average molecular weight is 764 g/mol. The third-order valence-electron chi connectivity index (χ3n) is 9.18. The first-order valence-corrected chi connectivity index (χ1v) is 18.8. The molecule has 51 heavy (non-hydrogen) atoms. The van der Waals surface area contributed by atoms with E-state index in [1.165, 1.54) is 4.57 Å². The SMILES string of the molecule is CCc1c(N2CCN(C(=O)OC(C)(C)C)CC2)c(=O)n2nc(C3=CCC4(CC3)COC4)nc2n1CC(=O)Nc1ccc(S(F)(F)(F)(F)F)cc1Cl. The number of hydrogen-bond donors (Lipinski definition) is 1. The molecule has 2 aliphatic heterocycles. The molecule has 0 saturated carbocycles. The van der Waals surface area contributed by atoms with E-state index in [0.29, 0.717) is 37.2 Å². The van der Waals surface area contributed by atoms with E-state index in [-0.39, 0.29) is 67.3 Å². The molecule has 3 aliphatic rings. The van der Waals surface area contributed by atoms with E-state index in [1.807, 2.05) is 11.0 Å². The lowest BCUT2D eigenvalue weighted by Crippen LogP contribution is -2.51. The number of allylic oxidation sites excluding steroid dienone is 2. The number of benzene rings is 1. The van der Waals surface area contributed by atoms with E-state index in [0.717, 1.165) is 22.9 Å². The molecule has 0 unspecified atom stereocenters. The Balaban J connectivity index is 1.35. The summed E-state index contributed by atoms with van der Waals surface area (Å²) in [5, 5.41) is 6.25. The number of hydrogen-bond acceptors (Lipinski definition) is 8. The van der Waals surface area contributed by atoms with Gasteiger partial charge in [-0.15, -0.1) is 5.10 Å². The highest BCUT2D eigenvalue weighted by Gasteiger charge is 2.65. The minimum atomic E-state index is -10.0. The highest BCUT2D eigenvalue weighted by atomic mass is 35.5. The number of fused-ring (bicyclic) bond motifs is 1. The molecule has 1 N–H and O–H groups in total. The predicted molar refractivity (Wildman–Crippen MR) is 183 cm³/mol. The van der Waals surface area contributed by atoms with Gasteiger partial charge in [0.2, 0.25) is 11.7 Å². The summed E-state index contributed by atoms with van der Waals surface area (Å²) in [6.07, 6.45) is 4.09. The molecule has 6 rings (SSSR count). The summed E-state index contributed by atoms with van der Waals surface area (Å²) in [6.45, 7) is 9.00. The monoisotopic (exact) mass is 763 g/mol. The van der Waals surface area contributed by atoms with Gasteiger partial charge in [0.25, 0.3) is 5.56 Å². The van der Waals surface area contributed by atoms with Gasteiger partial charge in [-0.1, -0.05) is 44.0 Å². The minimum absolute atomic E-state index is 0.0636. The van der Waals surface area contributed by atoms with Gasteiger partial charge < -0.3 is 29.2 Å². The zero-order chi connectivity index (χ0) is 37.2. The van der Waals surface area contributed by atoms with Crippen LogP contribution in [0.25, 0.3) is 11.4 Å². The van der Waals surface area contributed by atoms with Crippen LogP contribution < -0.4 is 15.8 Å². The number of carbonyl (C=O) groups excluding carboxylic acids is 2. The lowest BCUT2D eigenvalue weighted by molar-refractivity contribution is -0.116. The summed E-state index contributed by atoms with van der Waals surface area (Å²) in [5.74, 6) is -0.389. The normalized spacial score (nSPS) is 19.3. The van der Waals surface area contributed by atoms with Crippen molar-refractivity contribution in [1.82, 2.24) is 24.1 Å². The van der Waals surface area contributed by atoms with E-state index >= 15 is 0 Å². The van der Waals surface area contributed by atoms with Crippen LogP contribution in [0.5, 0.6) is 0 Å². The molecule has 280 valence electrons. The maximum atomic E-state index is 14.2. The number of amides is 2. The van der Waals surface area contributed by atoms with E-state index in [2.05, 4.69) is 10.4 Å². The van der Waals surface area contributed by atoms with Crippen LogP contribution in [0, 0.1) is 5.41 Å². The zero-order valence-corrected chi connectivity index (χ0v) is 30.1. The molecule has 4 heterocycles. The molecule has 12 nitrogen and oxygen atoms in total. The Morgan fingerprint density at radius 2 is 1.78 bits per heavy atom. The van der Waals surface area contributed by atoms with Crippen LogP contribution in [0.3, 0.4) is 0 Å². The fraction of sp³-hybridized carbons (Fsp3) is 0.531. The highest BCUT2D eigenvalue weighted by molar-refractivity contribution is 8.45. The largest absolute Gasteiger partial charge is 0.444 e. The summed E-state index contributed by atoms with van der Waals surface area (Å²) < 4.78 is 80.3. The van der Waals surface area contributed by atoms with Gasteiger partial charge in [0.15, 0.2) is 5.82 Å². The maximum absolute atomic E-state index is 14.2. The highest BCUT2D eigenvalue weighted by Crippen LogP contribution is 3.02. The summed E-state index contributed by atoms with van der Waals surface area (Å²) >= 11 is 5.94. The molecule has 0 bridgehead atoms. The Hall–Kier alpha value is -3.90. The van der Waals surface area contributed by atoms with Gasteiger partial charge in [-0.05, 0) is 70.2 Å². The van der Waals surface area contributed by atoms with Gasteiger partial charge in [0.05, 0.1) is 29.6 Å². The number of anilines is 2. The number of aromatic nitrogens is 4. The summed E-state index contributed by atoms with van der Waals surface area (Å²) in [7, 11) is -10.0. The molecule has 2 aromatic heterocycles. The van der Waals surface area contributed by atoms with E-state index < -0.39 is 49.8 Å². The molecule has 1 aromatic carbocycles. The van der Waals surface area contributed by atoms with Crippen LogP contribution in [-0.2, 0) is 27.2 Å². The van der Waals surface area contributed by atoms with Gasteiger partial charge in [0, 0.05) is 31.6 Å². The molecule has 19 heteroatoms. The summed E-state index contributed by atoms with van der Waals surface area (Å²) in [5.41, 5.74) is 0.128. The Morgan fingerprint density at radius 3 is 2.31 bits per heavy atom. The second-order valence-electron chi connectivity index (χ2n) is 14.2. The number of nitrogens with zero attached hydrogens (tertiary/aromatic N) is 6. The van der Waals surface area contributed by atoms with Crippen LogP contribution in [0.1, 0.15) is 58.5 Å². The molecule has 2 fully saturated rings. The average Bonchev–Trinajstić information content (AvgIpc) is 3.47. The topological polar surface area (TPSA) is 123 Å². The molecule has 2 amide bonds. The first-order chi connectivity index (χ1) is 23.6. The molecule has 1 spiro atoms. The van der Waals surface area contributed by atoms with Crippen LogP contribution in [-0.4, -0.2) is 81.1 Å². The molecule has 0 radical (unpaired) electrons. The maximum Gasteiger partial charge on any atom is 0.410 e. The van der Waals surface area contributed by atoms with Crippen molar-refractivity contribution < 1.29 is 38.5 Å².